The van der Waals surface area contributed by atoms with Crippen LogP contribution in [0.25, 0.3) is 22.2 Å². The van der Waals surface area contributed by atoms with Crippen LogP contribution in [-0.4, -0.2) is 60.7 Å². The standard InChI is InChI=1S/C25H31N3O2/c1-19-24(18-28-11-5-6-20(17-28)16-27-12-14-29-15-13-27)26-25(30-19)23-10-4-8-21-7-2-3-9-22(21)23/h2-4,7-10,20H,5-6,11-18H2,1H3. The van der Waals surface area contributed by atoms with E-state index in [2.05, 4.69) is 52.3 Å². The lowest BCUT2D eigenvalue weighted by Crippen LogP contribution is -2.44. The van der Waals surface area contributed by atoms with Crippen LogP contribution < -0.4 is 0 Å². The summed E-state index contributed by atoms with van der Waals surface area (Å²) < 4.78 is 11.6. The minimum Gasteiger partial charge on any atom is -0.441 e. The van der Waals surface area contributed by atoms with E-state index in [1.54, 1.807) is 0 Å². The molecule has 0 radical (unpaired) electrons. The molecule has 5 nitrogen and oxygen atoms in total. The quantitative estimate of drug-likeness (QED) is 0.631. The smallest absolute Gasteiger partial charge is 0.227 e. The lowest BCUT2D eigenvalue weighted by atomic mass is 9.97. The first-order valence-electron chi connectivity index (χ1n) is 11.2. The van der Waals surface area contributed by atoms with Gasteiger partial charge in [0.05, 0.1) is 18.9 Å². The van der Waals surface area contributed by atoms with Crippen molar-refractivity contribution in [2.45, 2.75) is 26.3 Å². The Morgan fingerprint density at radius 1 is 1.00 bits per heavy atom. The van der Waals surface area contributed by atoms with Gasteiger partial charge in [-0.15, -0.1) is 0 Å². The van der Waals surface area contributed by atoms with Crippen LogP contribution in [0.2, 0.25) is 0 Å². The largest absolute Gasteiger partial charge is 0.441 e. The normalized spacial score (nSPS) is 21.3. The zero-order valence-corrected chi connectivity index (χ0v) is 17.8. The van der Waals surface area contributed by atoms with Gasteiger partial charge in [0.1, 0.15) is 5.76 Å². The number of morpholine rings is 1. The summed E-state index contributed by atoms with van der Waals surface area (Å²) in [6, 6.07) is 14.8. The fourth-order valence-electron chi connectivity index (χ4n) is 4.91. The summed E-state index contributed by atoms with van der Waals surface area (Å²) in [5.74, 6) is 2.41. The topological polar surface area (TPSA) is 41.7 Å². The molecular formula is C25H31N3O2. The van der Waals surface area contributed by atoms with Crippen LogP contribution in [0.3, 0.4) is 0 Å². The monoisotopic (exact) mass is 405 g/mol. The minimum atomic E-state index is 0.737. The van der Waals surface area contributed by atoms with Crippen molar-refractivity contribution in [1.29, 1.82) is 0 Å². The Morgan fingerprint density at radius 2 is 1.83 bits per heavy atom. The molecule has 5 rings (SSSR count). The summed E-state index contributed by atoms with van der Waals surface area (Å²) in [7, 11) is 0. The zero-order valence-electron chi connectivity index (χ0n) is 17.8. The molecule has 2 aliphatic rings. The molecular weight excluding hydrogens is 374 g/mol. The van der Waals surface area contributed by atoms with E-state index in [1.807, 2.05) is 6.92 Å². The second kappa shape index (κ2) is 8.88. The summed E-state index contributed by atoms with van der Waals surface area (Å²) in [6.07, 6.45) is 2.59. The molecule has 0 N–H and O–H groups in total. The lowest BCUT2D eigenvalue weighted by molar-refractivity contribution is 0.0223. The number of piperidine rings is 1. The Balaban J connectivity index is 1.29. The highest BCUT2D eigenvalue weighted by Crippen LogP contribution is 2.30. The highest BCUT2D eigenvalue weighted by Gasteiger charge is 2.24. The number of fused-ring (bicyclic) bond motifs is 1. The molecule has 0 amide bonds. The van der Waals surface area contributed by atoms with E-state index in [0.29, 0.717) is 0 Å². The molecule has 2 aliphatic heterocycles. The highest BCUT2D eigenvalue weighted by atomic mass is 16.5. The highest BCUT2D eigenvalue weighted by molar-refractivity contribution is 5.94. The van der Waals surface area contributed by atoms with Crippen molar-refractivity contribution in [2.24, 2.45) is 5.92 Å². The average Bonchev–Trinajstić information content (AvgIpc) is 3.14. The zero-order chi connectivity index (χ0) is 20.3. The van der Waals surface area contributed by atoms with Gasteiger partial charge >= 0.3 is 0 Å². The molecule has 1 aromatic heterocycles. The molecule has 3 aromatic rings. The van der Waals surface area contributed by atoms with E-state index < -0.39 is 0 Å². The maximum atomic E-state index is 6.14. The number of benzene rings is 2. The second-order valence-electron chi connectivity index (χ2n) is 8.70. The van der Waals surface area contributed by atoms with Crippen molar-refractivity contribution in [2.75, 3.05) is 45.9 Å². The van der Waals surface area contributed by atoms with Crippen LogP contribution in [-0.2, 0) is 11.3 Å². The number of rotatable bonds is 5. The van der Waals surface area contributed by atoms with Gasteiger partial charge in [0, 0.05) is 38.3 Å². The van der Waals surface area contributed by atoms with Gasteiger partial charge in [-0.2, -0.15) is 0 Å². The summed E-state index contributed by atoms with van der Waals surface area (Å²) in [4.78, 5) is 10.1. The van der Waals surface area contributed by atoms with Crippen LogP contribution in [0.4, 0.5) is 0 Å². The van der Waals surface area contributed by atoms with Crippen molar-refractivity contribution in [3.63, 3.8) is 0 Å². The van der Waals surface area contributed by atoms with Crippen molar-refractivity contribution < 1.29 is 9.15 Å². The number of likely N-dealkylation sites (tertiary alicyclic amines) is 1. The number of hydrogen-bond donors (Lipinski definition) is 0. The fourth-order valence-corrected chi connectivity index (χ4v) is 4.91. The molecule has 0 saturated carbocycles. The molecule has 0 aliphatic carbocycles. The van der Waals surface area contributed by atoms with Crippen LogP contribution in [0.5, 0.6) is 0 Å². The Labute approximate surface area is 178 Å². The van der Waals surface area contributed by atoms with Crippen LogP contribution in [0.1, 0.15) is 24.3 Å². The third kappa shape index (κ3) is 4.29. The van der Waals surface area contributed by atoms with E-state index in [-0.39, 0.29) is 0 Å². The molecule has 30 heavy (non-hydrogen) atoms. The molecule has 2 fully saturated rings. The molecule has 5 heteroatoms. The van der Waals surface area contributed by atoms with Crippen molar-refractivity contribution in [3.05, 3.63) is 53.9 Å². The predicted octanol–water partition coefficient (Wildman–Crippen LogP) is 4.35. The Kier molecular flexibility index (Phi) is 5.84. The van der Waals surface area contributed by atoms with Gasteiger partial charge < -0.3 is 9.15 Å². The average molecular weight is 406 g/mol. The summed E-state index contributed by atoms with van der Waals surface area (Å²) in [5.41, 5.74) is 2.15. The molecule has 158 valence electrons. The van der Waals surface area contributed by atoms with Gasteiger partial charge in [0.2, 0.25) is 5.89 Å². The second-order valence-corrected chi connectivity index (χ2v) is 8.70. The van der Waals surface area contributed by atoms with Gasteiger partial charge in [-0.1, -0.05) is 36.4 Å². The number of oxazole rings is 1. The molecule has 2 saturated heterocycles. The summed E-state index contributed by atoms with van der Waals surface area (Å²) >= 11 is 0. The van der Waals surface area contributed by atoms with E-state index in [9.17, 15) is 0 Å². The maximum Gasteiger partial charge on any atom is 0.227 e. The number of aryl methyl sites for hydroxylation is 1. The third-order valence-corrected chi connectivity index (χ3v) is 6.51. The van der Waals surface area contributed by atoms with Crippen LogP contribution >= 0.6 is 0 Å². The van der Waals surface area contributed by atoms with Crippen molar-refractivity contribution in [3.8, 4) is 11.5 Å². The van der Waals surface area contributed by atoms with Gasteiger partial charge in [-0.05, 0) is 49.1 Å². The maximum absolute atomic E-state index is 6.14. The van der Waals surface area contributed by atoms with E-state index in [4.69, 9.17) is 14.1 Å². The molecule has 0 spiro atoms. The number of nitrogens with zero attached hydrogens (tertiary/aromatic N) is 3. The fraction of sp³-hybridized carbons (Fsp3) is 0.480. The number of ether oxygens (including phenoxy) is 1. The molecule has 1 atom stereocenters. The Morgan fingerprint density at radius 3 is 2.73 bits per heavy atom. The number of aromatic nitrogens is 1. The Hall–Kier alpha value is -2.21. The first kappa shape index (κ1) is 19.7. The van der Waals surface area contributed by atoms with Crippen LogP contribution in [0, 0.1) is 12.8 Å². The molecule has 1 unspecified atom stereocenters. The summed E-state index contributed by atoms with van der Waals surface area (Å²) in [5, 5.41) is 2.41. The minimum absolute atomic E-state index is 0.737. The van der Waals surface area contributed by atoms with E-state index in [1.165, 1.54) is 30.2 Å². The summed E-state index contributed by atoms with van der Waals surface area (Å²) in [6.45, 7) is 10.3. The van der Waals surface area contributed by atoms with Gasteiger partial charge in [0.15, 0.2) is 0 Å². The first-order valence-corrected chi connectivity index (χ1v) is 11.2. The first-order chi connectivity index (χ1) is 14.8. The SMILES string of the molecule is Cc1oc(-c2cccc3ccccc23)nc1CN1CCCC(CN2CCOCC2)C1. The van der Waals surface area contributed by atoms with E-state index in [0.717, 1.165) is 74.8 Å². The van der Waals surface area contributed by atoms with Crippen molar-refractivity contribution in [1.82, 2.24) is 14.8 Å². The van der Waals surface area contributed by atoms with E-state index >= 15 is 0 Å². The molecule has 0 bridgehead atoms. The predicted molar refractivity (Wildman–Crippen MR) is 119 cm³/mol. The van der Waals surface area contributed by atoms with Gasteiger partial charge in [-0.25, -0.2) is 4.98 Å². The lowest BCUT2D eigenvalue weighted by Gasteiger charge is -2.36. The molecule has 3 heterocycles. The van der Waals surface area contributed by atoms with Gasteiger partial charge in [-0.3, -0.25) is 9.80 Å². The Bertz CT molecular complexity index is 988. The van der Waals surface area contributed by atoms with Crippen LogP contribution in [0.15, 0.2) is 46.9 Å². The third-order valence-electron chi connectivity index (χ3n) is 6.51. The van der Waals surface area contributed by atoms with Crippen molar-refractivity contribution >= 4 is 10.8 Å². The number of hydrogen-bond acceptors (Lipinski definition) is 5. The van der Waals surface area contributed by atoms with Gasteiger partial charge in [0.25, 0.3) is 0 Å². The molecule has 2 aromatic carbocycles.